The molecule has 0 bridgehead atoms. The molecule has 4 unspecified atom stereocenters. The van der Waals surface area contributed by atoms with E-state index in [1.807, 2.05) is 6.92 Å². The Morgan fingerprint density at radius 2 is 1.76 bits per heavy atom. The van der Waals surface area contributed by atoms with Crippen LogP contribution in [0.4, 0.5) is 0 Å². The summed E-state index contributed by atoms with van der Waals surface area (Å²) < 4.78 is 10.5. The SMILES string of the molecule is C/C=C1/C(=O)C2C3CCC([C@H](C)CCC(=O)OC)[C@@]3(C)CCC2[C@@]2(C)CC[C@@H](OC(C)=O)C[C@@H]12. The van der Waals surface area contributed by atoms with Gasteiger partial charge in [-0.05, 0) is 104 Å². The number of rotatable bonds is 5. The Morgan fingerprint density at radius 1 is 1.09 bits per heavy atom. The van der Waals surface area contributed by atoms with Crippen LogP contribution in [0.2, 0.25) is 0 Å². The standard InChI is InChI=1S/C29H44O5/c1-7-20-24-16-19(34-18(3)30)12-14-29(24,5)23-13-15-28(4)21(17(2)8-11-25(31)33-6)9-10-22(28)26(23)27(20)32/h7,17,19,21-24,26H,8-16H2,1-6H3/b20-7+/t17-,19-,21?,22?,23?,24+,26?,28-,29-/m1/s1. The predicted octanol–water partition coefficient (Wildman–Crippen LogP) is 5.90. The number of carbonyl (C=O) groups is 3. The molecule has 0 aromatic rings. The van der Waals surface area contributed by atoms with Crippen LogP contribution >= 0.6 is 0 Å². The lowest BCUT2D eigenvalue weighted by molar-refractivity contribution is -0.160. The average Bonchev–Trinajstić information content (AvgIpc) is 3.15. The quantitative estimate of drug-likeness (QED) is 0.368. The van der Waals surface area contributed by atoms with Crippen LogP contribution in [0.1, 0.15) is 92.4 Å². The van der Waals surface area contributed by atoms with Crippen LogP contribution < -0.4 is 0 Å². The molecular formula is C29H44O5. The van der Waals surface area contributed by atoms with Crippen molar-refractivity contribution in [3.05, 3.63) is 11.6 Å². The molecule has 5 nitrogen and oxygen atoms in total. The van der Waals surface area contributed by atoms with Crippen molar-refractivity contribution in [3.63, 3.8) is 0 Å². The molecule has 0 spiro atoms. The summed E-state index contributed by atoms with van der Waals surface area (Å²) >= 11 is 0. The second-order valence-corrected chi connectivity index (χ2v) is 12.2. The highest BCUT2D eigenvalue weighted by atomic mass is 16.5. The van der Waals surface area contributed by atoms with Crippen LogP contribution in [-0.2, 0) is 23.9 Å². The highest BCUT2D eigenvalue weighted by Crippen LogP contribution is 2.68. The summed E-state index contributed by atoms with van der Waals surface area (Å²) in [7, 11) is 1.46. The van der Waals surface area contributed by atoms with Crippen LogP contribution in [0.3, 0.4) is 0 Å². The molecule has 5 heteroatoms. The van der Waals surface area contributed by atoms with Gasteiger partial charge in [0.2, 0.25) is 0 Å². The number of hydrogen-bond donors (Lipinski definition) is 0. The van der Waals surface area contributed by atoms with Crippen molar-refractivity contribution in [2.45, 2.75) is 98.5 Å². The normalized spacial score (nSPS) is 43.5. The number of ketones is 1. The third kappa shape index (κ3) is 4.05. The first kappa shape index (κ1) is 25.4. The third-order valence-electron chi connectivity index (χ3n) is 10.8. The molecule has 0 aromatic carbocycles. The highest BCUT2D eigenvalue weighted by Gasteiger charge is 2.64. The Labute approximate surface area is 205 Å². The molecule has 4 rings (SSSR count). The second kappa shape index (κ2) is 9.43. The maximum atomic E-state index is 14.1. The summed E-state index contributed by atoms with van der Waals surface area (Å²) in [6.07, 6.45) is 10.6. The zero-order chi connectivity index (χ0) is 24.8. The lowest BCUT2D eigenvalue weighted by Crippen LogP contribution is -2.58. The van der Waals surface area contributed by atoms with Crippen molar-refractivity contribution in [3.8, 4) is 0 Å². The third-order valence-corrected chi connectivity index (χ3v) is 10.8. The fourth-order valence-corrected chi connectivity index (χ4v) is 9.14. The van der Waals surface area contributed by atoms with E-state index in [9.17, 15) is 14.4 Å². The van der Waals surface area contributed by atoms with Gasteiger partial charge in [0, 0.05) is 19.3 Å². The summed E-state index contributed by atoms with van der Waals surface area (Å²) in [5.74, 6) is 2.15. The van der Waals surface area contributed by atoms with Crippen LogP contribution in [0.25, 0.3) is 0 Å². The summed E-state index contributed by atoms with van der Waals surface area (Å²) in [5.41, 5.74) is 1.24. The van der Waals surface area contributed by atoms with Crippen molar-refractivity contribution in [2.24, 2.45) is 46.3 Å². The zero-order valence-corrected chi connectivity index (χ0v) is 22.0. The first-order valence-corrected chi connectivity index (χ1v) is 13.5. The number of methoxy groups -OCH3 is 1. The Balaban J connectivity index is 1.59. The smallest absolute Gasteiger partial charge is 0.305 e. The first-order chi connectivity index (χ1) is 16.1. The van der Waals surface area contributed by atoms with Crippen LogP contribution in [0.15, 0.2) is 11.6 Å². The van der Waals surface area contributed by atoms with E-state index in [0.29, 0.717) is 35.9 Å². The largest absolute Gasteiger partial charge is 0.469 e. The number of ether oxygens (including phenoxy) is 2. The Hall–Kier alpha value is -1.65. The summed E-state index contributed by atoms with van der Waals surface area (Å²) in [5, 5.41) is 0. The van der Waals surface area contributed by atoms with Gasteiger partial charge in [0.1, 0.15) is 6.10 Å². The van der Waals surface area contributed by atoms with Gasteiger partial charge in [0.15, 0.2) is 5.78 Å². The second-order valence-electron chi connectivity index (χ2n) is 12.2. The first-order valence-electron chi connectivity index (χ1n) is 13.5. The van der Waals surface area contributed by atoms with Crippen LogP contribution in [-0.4, -0.2) is 30.9 Å². The molecule has 0 heterocycles. The zero-order valence-electron chi connectivity index (χ0n) is 22.0. The van der Waals surface area contributed by atoms with E-state index in [4.69, 9.17) is 9.47 Å². The van der Waals surface area contributed by atoms with Crippen molar-refractivity contribution >= 4 is 17.7 Å². The van der Waals surface area contributed by atoms with E-state index in [0.717, 1.165) is 50.5 Å². The molecule has 4 saturated carbocycles. The maximum Gasteiger partial charge on any atom is 0.305 e. The Morgan fingerprint density at radius 3 is 2.41 bits per heavy atom. The summed E-state index contributed by atoms with van der Waals surface area (Å²) in [4.78, 5) is 37.5. The monoisotopic (exact) mass is 472 g/mol. The molecule has 4 fully saturated rings. The molecular weight excluding hydrogens is 428 g/mol. The minimum Gasteiger partial charge on any atom is -0.469 e. The number of Topliss-reactive ketones (excluding diaryl/α,β-unsaturated/α-hetero) is 1. The van der Waals surface area contributed by atoms with Crippen molar-refractivity contribution in [1.29, 1.82) is 0 Å². The highest BCUT2D eigenvalue weighted by molar-refractivity contribution is 5.99. The van der Waals surface area contributed by atoms with Gasteiger partial charge < -0.3 is 9.47 Å². The number of allylic oxidation sites excluding steroid dienone is 2. The van der Waals surface area contributed by atoms with Gasteiger partial charge in [-0.1, -0.05) is 26.8 Å². The molecule has 0 saturated heterocycles. The topological polar surface area (TPSA) is 69.7 Å². The van der Waals surface area contributed by atoms with Crippen LogP contribution in [0.5, 0.6) is 0 Å². The van der Waals surface area contributed by atoms with Crippen molar-refractivity contribution in [2.75, 3.05) is 7.11 Å². The maximum absolute atomic E-state index is 14.1. The molecule has 4 aliphatic carbocycles. The minimum atomic E-state index is -0.220. The molecule has 0 aliphatic heterocycles. The van der Waals surface area contributed by atoms with Gasteiger partial charge in [0.05, 0.1) is 7.11 Å². The average molecular weight is 473 g/mol. The lowest BCUT2D eigenvalue weighted by Gasteiger charge is -2.61. The molecule has 9 atom stereocenters. The lowest BCUT2D eigenvalue weighted by atomic mass is 9.43. The number of carbonyl (C=O) groups excluding carboxylic acids is 3. The fraction of sp³-hybridized carbons (Fsp3) is 0.828. The fourth-order valence-electron chi connectivity index (χ4n) is 9.14. The van der Waals surface area contributed by atoms with E-state index in [1.54, 1.807) is 0 Å². The molecule has 0 amide bonds. The number of fused-ring (bicyclic) bond motifs is 5. The summed E-state index contributed by atoms with van der Waals surface area (Å²) in [6.45, 7) is 10.6. The van der Waals surface area contributed by atoms with Gasteiger partial charge in [-0.25, -0.2) is 0 Å². The Kier molecular flexibility index (Phi) is 7.05. The van der Waals surface area contributed by atoms with E-state index in [1.165, 1.54) is 20.5 Å². The Bertz CT molecular complexity index is 861. The molecule has 0 N–H and O–H groups in total. The molecule has 0 aromatic heterocycles. The van der Waals surface area contributed by atoms with E-state index in [-0.39, 0.29) is 40.7 Å². The molecule has 0 radical (unpaired) electrons. The molecule has 34 heavy (non-hydrogen) atoms. The summed E-state index contributed by atoms with van der Waals surface area (Å²) in [6, 6.07) is 0. The van der Waals surface area contributed by atoms with Gasteiger partial charge in [-0.2, -0.15) is 0 Å². The van der Waals surface area contributed by atoms with Gasteiger partial charge in [0.25, 0.3) is 0 Å². The van der Waals surface area contributed by atoms with Crippen LogP contribution in [0, 0.1) is 46.3 Å². The molecule has 190 valence electrons. The number of esters is 2. The van der Waals surface area contributed by atoms with Gasteiger partial charge >= 0.3 is 11.9 Å². The van der Waals surface area contributed by atoms with Crippen molar-refractivity contribution < 1.29 is 23.9 Å². The van der Waals surface area contributed by atoms with E-state index < -0.39 is 0 Å². The minimum absolute atomic E-state index is 0.0738. The van der Waals surface area contributed by atoms with E-state index >= 15 is 0 Å². The van der Waals surface area contributed by atoms with E-state index in [2.05, 4.69) is 26.8 Å². The van der Waals surface area contributed by atoms with Crippen molar-refractivity contribution in [1.82, 2.24) is 0 Å². The van der Waals surface area contributed by atoms with Gasteiger partial charge in [-0.3, -0.25) is 14.4 Å². The van der Waals surface area contributed by atoms with Gasteiger partial charge in [-0.15, -0.1) is 0 Å². The number of hydrogen-bond acceptors (Lipinski definition) is 5. The molecule has 4 aliphatic rings. The predicted molar refractivity (Wildman–Crippen MR) is 131 cm³/mol.